The third-order valence-corrected chi connectivity index (χ3v) is 3.67. The minimum absolute atomic E-state index is 0.742. The summed E-state index contributed by atoms with van der Waals surface area (Å²) in [5.74, 6) is 1.54. The van der Waals surface area contributed by atoms with Crippen LogP contribution in [0, 0.1) is 5.92 Å². The molecule has 2 aromatic carbocycles. The standard InChI is InChI=1S/C13H20.C6H6/c1-4-11(3)13(5-2)12-9-7-6-8-10-12;1-2-4-6-5-3-1/h6-11,13H,4-5H2,1-3H3;1-6H. The van der Waals surface area contributed by atoms with Crippen molar-refractivity contribution in [2.75, 3.05) is 0 Å². The fourth-order valence-electron chi connectivity index (χ4n) is 2.34. The molecule has 0 amide bonds. The molecule has 102 valence electrons. The number of benzene rings is 2. The van der Waals surface area contributed by atoms with E-state index in [1.54, 1.807) is 0 Å². The summed E-state index contributed by atoms with van der Waals surface area (Å²) >= 11 is 0. The van der Waals surface area contributed by atoms with Crippen LogP contribution >= 0.6 is 0 Å². The van der Waals surface area contributed by atoms with Crippen molar-refractivity contribution >= 4 is 0 Å². The zero-order valence-corrected chi connectivity index (χ0v) is 12.4. The Hall–Kier alpha value is -1.56. The quantitative estimate of drug-likeness (QED) is 0.636. The lowest BCUT2D eigenvalue weighted by Gasteiger charge is -2.21. The molecular weight excluding hydrogens is 228 g/mol. The third kappa shape index (κ3) is 5.74. The van der Waals surface area contributed by atoms with E-state index in [2.05, 4.69) is 51.1 Å². The van der Waals surface area contributed by atoms with Crippen LogP contribution in [0.3, 0.4) is 0 Å². The van der Waals surface area contributed by atoms with Crippen LogP contribution in [-0.4, -0.2) is 0 Å². The SMILES string of the molecule is CCC(C)C(CC)c1ccccc1.c1ccccc1. The molecule has 0 saturated carbocycles. The Bertz CT molecular complexity index is 378. The molecule has 0 heteroatoms. The summed E-state index contributed by atoms with van der Waals surface area (Å²) in [5, 5.41) is 0. The summed E-state index contributed by atoms with van der Waals surface area (Å²) in [6.45, 7) is 6.90. The molecular formula is C19H26. The minimum atomic E-state index is 0.742. The number of rotatable bonds is 4. The average molecular weight is 254 g/mol. The molecule has 0 aliphatic rings. The summed E-state index contributed by atoms with van der Waals surface area (Å²) in [6, 6.07) is 22.9. The maximum atomic E-state index is 2.35. The summed E-state index contributed by atoms with van der Waals surface area (Å²) < 4.78 is 0. The van der Waals surface area contributed by atoms with Crippen LogP contribution in [0.15, 0.2) is 66.7 Å². The maximum Gasteiger partial charge on any atom is -0.0139 e. The van der Waals surface area contributed by atoms with E-state index in [-0.39, 0.29) is 0 Å². The van der Waals surface area contributed by atoms with Gasteiger partial charge in [-0.05, 0) is 23.8 Å². The van der Waals surface area contributed by atoms with E-state index < -0.39 is 0 Å². The molecule has 0 heterocycles. The van der Waals surface area contributed by atoms with Crippen molar-refractivity contribution in [2.24, 2.45) is 5.92 Å². The van der Waals surface area contributed by atoms with Gasteiger partial charge in [-0.3, -0.25) is 0 Å². The molecule has 2 unspecified atom stereocenters. The van der Waals surface area contributed by atoms with Crippen molar-refractivity contribution in [1.29, 1.82) is 0 Å². The molecule has 0 fully saturated rings. The van der Waals surface area contributed by atoms with Gasteiger partial charge in [0.2, 0.25) is 0 Å². The molecule has 0 aromatic heterocycles. The van der Waals surface area contributed by atoms with Crippen LogP contribution in [-0.2, 0) is 0 Å². The van der Waals surface area contributed by atoms with Crippen molar-refractivity contribution in [3.05, 3.63) is 72.3 Å². The Balaban J connectivity index is 0.000000250. The fourth-order valence-corrected chi connectivity index (χ4v) is 2.34. The molecule has 2 aromatic rings. The van der Waals surface area contributed by atoms with Crippen LogP contribution in [0.4, 0.5) is 0 Å². The predicted octanol–water partition coefficient (Wildman–Crippen LogP) is 5.91. The summed E-state index contributed by atoms with van der Waals surface area (Å²) in [6.07, 6.45) is 2.52. The molecule has 19 heavy (non-hydrogen) atoms. The smallest absolute Gasteiger partial charge is 0.0139 e. The highest BCUT2D eigenvalue weighted by Gasteiger charge is 2.14. The van der Waals surface area contributed by atoms with Gasteiger partial charge in [0.05, 0.1) is 0 Å². The monoisotopic (exact) mass is 254 g/mol. The number of hydrogen-bond acceptors (Lipinski definition) is 0. The first-order valence-electron chi connectivity index (χ1n) is 7.34. The third-order valence-electron chi connectivity index (χ3n) is 3.67. The maximum absolute atomic E-state index is 2.35. The predicted molar refractivity (Wildman–Crippen MR) is 85.4 cm³/mol. The van der Waals surface area contributed by atoms with E-state index in [9.17, 15) is 0 Å². The van der Waals surface area contributed by atoms with Gasteiger partial charge in [0, 0.05) is 0 Å². The van der Waals surface area contributed by atoms with Crippen molar-refractivity contribution in [2.45, 2.75) is 39.5 Å². The summed E-state index contributed by atoms with van der Waals surface area (Å²) in [5.41, 5.74) is 1.50. The Kier molecular flexibility index (Phi) is 7.65. The Labute approximate surface area is 118 Å². The second-order valence-corrected chi connectivity index (χ2v) is 4.97. The molecule has 0 radical (unpaired) electrons. The van der Waals surface area contributed by atoms with Gasteiger partial charge in [-0.15, -0.1) is 0 Å². The van der Waals surface area contributed by atoms with E-state index in [1.807, 2.05) is 36.4 Å². The van der Waals surface area contributed by atoms with Crippen molar-refractivity contribution in [3.63, 3.8) is 0 Å². The normalized spacial score (nSPS) is 13.0. The number of hydrogen-bond donors (Lipinski definition) is 0. The molecule has 0 saturated heterocycles. The minimum Gasteiger partial charge on any atom is -0.0651 e. The highest BCUT2D eigenvalue weighted by Crippen LogP contribution is 2.29. The van der Waals surface area contributed by atoms with Crippen molar-refractivity contribution < 1.29 is 0 Å². The van der Waals surface area contributed by atoms with Crippen molar-refractivity contribution in [1.82, 2.24) is 0 Å². The van der Waals surface area contributed by atoms with Crippen molar-refractivity contribution in [3.8, 4) is 0 Å². The zero-order chi connectivity index (χ0) is 13.9. The molecule has 0 aliphatic carbocycles. The Morgan fingerprint density at radius 3 is 1.47 bits per heavy atom. The first-order chi connectivity index (χ1) is 9.29. The molecule has 0 nitrogen and oxygen atoms in total. The van der Waals surface area contributed by atoms with E-state index in [0.717, 1.165) is 11.8 Å². The van der Waals surface area contributed by atoms with Crippen LogP contribution in [0.2, 0.25) is 0 Å². The molecule has 0 spiro atoms. The van der Waals surface area contributed by atoms with Gasteiger partial charge in [0.1, 0.15) is 0 Å². The van der Waals surface area contributed by atoms with Crippen LogP contribution < -0.4 is 0 Å². The summed E-state index contributed by atoms with van der Waals surface area (Å²) in [4.78, 5) is 0. The van der Waals surface area contributed by atoms with E-state index in [4.69, 9.17) is 0 Å². The van der Waals surface area contributed by atoms with Gasteiger partial charge in [0.15, 0.2) is 0 Å². The van der Waals surface area contributed by atoms with Gasteiger partial charge in [-0.2, -0.15) is 0 Å². The van der Waals surface area contributed by atoms with E-state index >= 15 is 0 Å². The van der Waals surface area contributed by atoms with Crippen LogP contribution in [0.5, 0.6) is 0 Å². The zero-order valence-electron chi connectivity index (χ0n) is 12.4. The second kappa shape index (κ2) is 9.38. The average Bonchev–Trinajstić information content (AvgIpc) is 2.51. The lowest BCUT2D eigenvalue weighted by atomic mass is 9.84. The Morgan fingerprint density at radius 2 is 1.11 bits per heavy atom. The van der Waals surface area contributed by atoms with Crippen LogP contribution in [0.25, 0.3) is 0 Å². The van der Waals surface area contributed by atoms with Gasteiger partial charge >= 0.3 is 0 Å². The fraction of sp³-hybridized carbons (Fsp3) is 0.368. The topological polar surface area (TPSA) is 0 Å². The molecule has 0 bridgehead atoms. The first kappa shape index (κ1) is 15.5. The molecule has 2 rings (SSSR count). The van der Waals surface area contributed by atoms with Crippen LogP contribution in [0.1, 0.15) is 45.1 Å². The van der Waals surface area contributed by atoms with Gasteiger partial charge in [-0.1, -0.05) is 93.9 Å². The largest absolute Gasteiger partial charge is 0.0651 e. The highest BCUT2D eigenvalue weighted by atomic mass is 14.2. The lowest BCUT2D eigenvalue weighted by molar-refractivity contribution is 0.435. The Morgan fingerprint density at radius 1 is 0.684 bits per heavy atom. The second-order valence-electron chi connectivity index (χ2n) is 4.97. The molecule has 2 atom stereocenters. The molecule has 0 aliphatic heterocycles. The van der Waals surface area contributed by atoms with E-state index in [1.165, 1.54) is 18.4 Å². The van der Waals surface area contributed by atoms with Gasteiger partial charge in [0.25, 0.3) is 0 Å². The van der Waals surface area contributed by atoms with Gasteiger partial charge < -0.3 is 0 Å². The lowest BCUT2D eigenvalue weighted by Crippen LogP contribution is -2.07. The van der Waals surface area contributed by atoms with E-state index in [0.29, 0.717) is 0 Å². The molecule has 0 N–H and O–H groups in total. The summed E-state index contributed by atoms with van der Waals surface area (Å²) in [7, 11) is 0. The van der Waals surface area contributed by atoms with Gasteiger partial charge in [-0.25, -0.2) is 0 Å². The highest BCUT2D eigenvalue weighted by molar-refractivity contribution is 5.19. The first-order valence-corrected chi connectivity index (χ1v) is 7.34.